The zero-order valence-electron chi connectivity index (χ0n) is 15.1. The van der Waals surface area contributed by atoms with Crippen LogP contribution in [0.4, 0.5) is 11.4 Å². The number of rotatable bonds is 3. The largest absolute Gasteiger partial charge is 0.378 e. The highest BCUT2D eigenvalue weighted by molar-refractivity contribution is 6.32. The van der Waals surface area contributed by atoms with E-state index in [1.807, 2.05) is 25.1 Å². The monoisotopic (exact) mass is 381 g/mol. The molecule has 2 aliphatic rings. The van der Waals surface area contributed by atoms with E-state index >= 15 is 0 Å². The summed E-state index contributed by atoms with van der Waals surface area (Å²) in [6, 6.07) is 15.3. The highest BCUT2D eigenvalue weighted by atomic mass is 35.5. The number of nitrogens with zero attached hydrogens (tertiary/aromatic N) is 3. The molecule has 1 saturated heterocycles. The molecule has 0 saturated carbocycles. The zero-order chi connectivity index (χ0) is 18.8. The zero-order valence-corrected chi connectivity index (χ0v) is 15.8. The Morgan fingerprint density at radius 3 is 2.30 bits per heavy atom. The van der Waals surface area contributed by atoms with Crippen molar-refractivity contribution >= 4 is 40.7 Å². The van der Waals surface area contributed by atoms with E-state index < -0.39 is 0 Å². The van der Waals surface area contributed by atoms with Crippen LogP contribution in [0.2, 0.25) is 5.02 Å². The molecule has 4 rings (SSSR count). The molecule has 1 amide bonds. The molecular formula is C21H20ClN3O2. The summed E-state index contributed by atoms with van der Waals surface area (Å²) in [4.78, 5) is 15.1. The molecule has 1 fully saturated rings. The van der Waals surface area contributed by atoms with Gasteiger partial charge in [-0.3, -0.25) is 4.79 Å². The van der Waals surface area contributed by atoms with Gasteiger partial charge in [0.1, 0.15) is 0 Å². The smallest absolute Gasteiger partial charge is 0.280 e. The lowest BCUT2D eigenvalue weighted by Gasteiger charge is -2.28. The molecule has 0 spiro atoms. The van der Waals surface area contributed by atoms with Crippen LogP contribution in [-0.4, -0.2) is 37.9 Å². The van der Waals surface area contributed by atoms with Crippen molar-refractivity contribution in [2.75, 3.05) is 36.2 Å². The molecule has 2 heterocycles. The third kappa shape index (κ3) is 3.75. The van der Waals surface area contributed by atoms with E-state index in [1.54, 1.807) is 24.3 Å². The number of morpholine rings is 1. The second kappa shape index (κ2) is 7.55. The summed E-state index contributed by atoms with van der Waals surface area (Å²) in [7, 11) is 0. The van der Waals surface area contributed by atoms with Crippen molar-refractivity contribution in [3.8, 4) is 0 Å². The van der Waals surface area contributed by atoms with Gasteiger partial charge >= 0.3 is 0 Å². The Kier molecular flexibility index (Phi) is 4.97. The number of carbonyl (C=O) groups is 1. The molecule has 0 aromatic heterocycles. The van der Waals surface area contributed by atoms with Gasteiger partial charge in [0.2, 0.25) is 0 Å². The number of halogens is 1. The number of anilines is 2. The first kappa shape index (κ1) is 17.8. The van der Waals surface area contributed by atoms with Crippen molar-refractivity contribution in [3.05, 3.63) is 64.7 Å². The van der Waals surface area contributed by atoms with Crippen molar-refractivity contribution in [1.82, 2.24) is 0 Å². The second-order valence-corrected chi connectivity index (χ2v) is 6.96. The van der Waals surface area contributed by atoms with Gasteiger partial charge in [-0.2, -0.15) is 10.1 Å². The Labute approximate surface area is 163 Å². The van der Waals surface area contributed by atoms with Crippen molar-refractivity contribution in [1.29, 1.82) is 0 Å². The molecule has 2 aromatic carbocycles. The van der Waals surface area contributed by atoms with Gasteiger partial charge in [0, 0.05) is 23.8 Å². The molecule has 0 atom stereocenters. The Hall–Kier alpha value is -2.63. The average molecular weight is 382 g/mol. The number of hydrazone groups is 1. The molecular weight excluding hydrogens is 362 g/mol. The Morgan fingerprint density at radius 1 is 1.00 bits per heavy atom. The van der Waals surface area contributed by atoms with Crippen molar-refractivity contribution in [3.63, 3.8) is 0 Å². The number of benzene rings is 2. The highest BCUT2D eigenvalue weighted by Gasteiger charge is 2.28. The Bertz CT molecular complexity index is 898. The van der Waals surface area contributed by atoms with Gasteiger partial charge in [-0.1, -0.05) is 23.7 Å². The van der Waals surface area contributed by atoms with Crippen LogP contribution in [0, 0.1) is 0 Å². The van der Waals surface area contributed by atoms with E-state index in [0.29, 0.717) is 22.0 Å². The fourth-order valence-electron chi connectivity index (χ4n) is 3.21. The van der Waals surface area contributed by atoms with Crippen LogP contribution in [0.1, 0.15) is 12.5 Å². The van der Waals surface area contributed by atoms with Crippen LogP contribution < -0.4 is 9.91 Å². The Balaban J connectivity index is 1.54. The number of carbonyl (C=O) groups excluding carboxylic acids is 1. The summed E-state index contributed by atoms with van der Waals surface area (Å²) in [5, 5.41) is 6.45. The highest BCUT2D eigenvalue weighted by Crippen LogP contribution is 2.26. The lowest BCUT2D eigenvalue weighted by atomic mass is 10.1. The third-order valence-electron chi connectivity index (χ3n) is 4.71. The minimum atomic E-state index is -0.132. The van der Waals surface area contributed by atoms with Gasteiger partial charge in [0.05, 0.1) is 30.2 Å². The molecule has 0 unspecified atom stereocenters. The predicted molar refractivity (Wildman–Crippen MR) is 109 cm³/mol. The van der Waals surface area contributed by atoms with Crippen LogP contribution in [0.15, 0.2) is 59.2 Å². The molecule has 2 aromatic rings. The maximum atomic E-state index is 12.8. The van der Waals surface area contributed by atoms with E-state index in [9.17, 15) is 4.79 Å². The van der Waals surface area contributed by atoms with Crippen LogP contribution in [0.5, 0.6) is 0 Å². The van der Waals surface area contributed by atoms with Gasteiger partial charge in [0.15, 0.2) is 0 Å². The first-order chi connectivity index (χ1) is 13.1. The number of hydrogen-bond donors (Lipinski definition) is 0. The topological polar surface area (TPSA) is 45.1 Å². The SMILES string of the molecule is CC1=NN(c2ccc(Cl)cc2)C(=O)C1=Cc1ccc(N2CCOCC2)cc1. The van der Waals surface area contributed by atoms with Gasteiger partial charge in [-0.25, -0.2) is 0 Å². The summed E-state index contributed by atoms with van der Waals surface area (Å²) in [5.41, 5.74) is 4.15. The van der Waals surface area contributed by atoms with E-state index in [1.165, 1.54) is 10.7 Å². The molecule has 0 aliphatic carbocycles. The maximum absolute atomic E-state index is 12.8. The van der Waals surface area contributed by atoms with Crippen molar-refractivity contribution in [2.45, 2.75) is 6.92 Å². The lowest BCUT2D eigenvalue weighted by molar-refractivity contribution is -0.114. The van der Waals surface area contributed by atoms with Crippen LogP contribution >= 0.6 is 11.6 Å². The molecule has 6 heteroatoms. The second-order valence-electron chi connectivity index (χ2n) is 6.53. The van der Waals surface area contributed by atoms with Gasteiger partial charge in [-0.15, -0.1) is 0 Å². The van der Waals surface area contributed by atoms with Gasteiger partial charge in [-0.05, 0) is 55.0 Å². The van der Waals surface area contributed by atoms with Gasteiger partial charge < -0.3 is 9.64 Å². The van der Waals surface area contributed by atoms with E-state index in [0.717, 1.165) is 31.9 Å². The van der Waals surface area contributed by atoms with E-state index in [2.05, 4.69) is 22.1 Å². The normalized spacial score (nSPS) is 19.0. The molecule has 0 radical (unpaired) electrons. The average Bonchev–Trinajstić information content (AvgIpc) is 2.98. The number of hydrogen-bond acceptors (Lipinski definition) is 4. The summed E-state index contributed by atoms with van der Waals surface area (Å²) in [6.07, 6.45) is 1.89. The molecule has 138 valence electrons. The summed E-state index contributed by atoms with van der Waals surface area (Å²) in [5.74, 6) is -0.132. The first-order valence-electron chi connectivity index (χ1n) is 8.92. The molecule has 2 aliphatic heterocycles. The summed E-state index contributed by atoms with van der Waals surface area (Å²) < 4.78 is 5.40. The van der Waals surface area contributed by atoms with E-state index in [4.69, 9.17) is 16.3 Å². The van der Waals surface area contributed by atoms with Crippen molar-refractivity contribution in [2.24, 2.45) is 5.10 Å². The summed E-state index contributed by atoms with van der Waals surface area (Å²) in [6.45, 7) is 5.18. The standard InChI is InChI=1S/C21H20ClN3O2/c1-15-20(21(26)25(23-15)19-8-4-17(22)5-9-19)14-16-2-6-18(7-3-16)24-10-12-27-13-11-24/h2-9,14H,10-13H2,1H3. The van der Waals surface area contributed by atoms with E-state index in [-0.39, 0.29) is 5.91 Å². The third-order valence-corrected chi connectivity index (χ3v) is 4.97. The van der Waals surface area contributed by atoms with Crippen LogP contribution in [-0.2, 0) is 9.53 Å². The lowest BCUT2D eigenvalue weighted by Crippen LogP contribution is -2.36. The number of ether oxygens (including phenoxy) is 1. The molecule has 0 N–H and O–H groups in total. The minimum Gasteiger partial charge on any atom is -0.378 e. The maximum Gasteiger partial charge on any atom is 0.280 e. The van der Waals surface area contributed by atoms with Crippen LogP contribution in [0.25, 0.3) is 6.08 Å². The van der Waals surface area contributed by atoms with Crippen LogP contribution in [0.3, 0.4) is 0 Å². The van der Waals surface area contributed by atoms with Crippen molar-refractivity contribution < 1.29 is 9.53 Å². The molecule has 27 heavy (non-hydrogen) atoms. The first-order valence-corrected chi connectivity index (χ1v) is 9.30. The summed E-state index contributed by atoms with van der Waals surface area (Å²) >= 11 is 5.93. The number of amides is 1. The quantitative estimate of drug-likeness (QED) is 0.755. The molecule has 0 bridgehead atoms. The van der Waals surface area contributed by atoms with Gasteiger partial charge in [0.25, 0.3) is 5.91 Å². The Morgan fingerprint density at radius 2 is 1.63 bits per heavy atom. The predicted octanol–water partition coefficient (Wildman–Crippen LogP) is 3.98. The minimum absolute atomic E-state index is 0.132. The fraction of sp³-hybridized carbons (Fsp3) is 0.238. The fourth-order valence-corrected chi connectivity index (χ4v) is 3.34. The molecule has 5 nitrogen and oxygen atoms in total.